The fourth-order valence-electron chi connectivity index (χ4n) is 2.18. The Labute approximate surface area is 130 Å². The number of hydrogen-bond acceptors (Lipinski definition) is 4. The number of amides is 2. The van der Waals surface area contributed by atoms with Crippen LogP contribution in [0.25, 0.3) is 0 Å². The molecule has 1 aromatic rings. The van der Waals surface area contributed by atoms with Crippen LogP contribution in [0.3, 0.4) is 0 Å². The maximum atomic E-state index is 12.0. The van der Waals surface area contributed by atoms with Crippen LogP contribution >= 0.6 is 0 Å². The van der Waals surface area contributed by atoms with E-state index in [2.05, 4.69) is 12.2 Å². The molecule has 1 aliphatic heterocycles. The first-order valence-corrected chi connectivity index (χ1v) is 7.51. The van der Waals surface area contributed by atoms with Crippen LogP contribution in [0, 0.1) is 0 Å². The number of fused-ring (bicyclic) bond motifs is 1. The van der Waals surface area contributed by atoms with Crippen molar-refractivity contribution in [2.75, 3.05) is 19.9 Å². The number of carbonyl (C=O) groups excluding carboxylic acids is 2. The average molecular weight is 306 g/mol. The third-order valence-electron chi connectivity index (χ3n) is 3.49. The maximum Gasteiger partial charge on any atom is 0.239 e. The van der Waals surface area contributed by atoms with Crippen LogP contribution in [0.15, 0.2) is 18.2 Å². The molecule has 2 amide bonds. The van der Waals surface area contributed by atoms with Crippen LogP contribution in [0.5, 0.6) is 11.5 Å². The van der Waals surface area contributed by atoms with Crippen LogP contribution in [0.1, 0.15) is 32.3 Å². The molecule has 120 valence electrons. The van der Waals surface area contributed by atoms with Gasteiger partial charge in [-0.05, 0) is 24.1 Å². The summed E-state index contributed by atoms with van der Waals surface area (Å²) in [5.41, 5.74) is 0.931. The normalized spacial score (nSPS) is 12.1. The molecule has 0 saturated carbocycles. The largest absolute Gasteiger partial charge is 0.454 e. The average Bonchev–Trinajstić information content (AvgIpc) is 2.96. The van der Waals surface area contributed by atoms with E-state index < -0.39 is 0 Å². The molecule has 0 aliphatic carbocycles. The minimum absolute atomic E-state index is 0.0771. The standard InChI is InChI=1S/C16H22N2O4/c1-3-4-7-18(12(2)19)10-16(20)17-9-13-5-6-14-15(8-13)22-11-21-14/h5-6,8H,3-4,7,9-11H2,1-2H3,(H,17,20). The second kappa shape index (κ2) is 7.68. The number of benzene rings is 1. The second-order valence-electron chi connectivity index (χ2n) is 5.26. The van der Waals surface area contributed by atoms with E-state index in [9.17, 15) is 9.59 Å². The molecule has 1 aliphatic rings. The second-order valence-corrected chi connectivity index (χ2v) is 5.26. The molecule has 0 spiro atoms. The molecule has 22 heavy (non-hydrogen) atoms. The fraction of sp³-hybridized carbons (Fsp3) is 0.500. The van der Waals surface area contributed by atoms with Crippen molar-refractivity contribution < 1.29 is 19.1 Å². The van der Waals surface area contributed by atoms with E-state index in [1.165, 1.54) is 6.92 Å². The third-order valence-corrected chi connectivity index (χ3v) is 3.49. The van der Waals surface area contributed by atoms with Gasteiger partial charge in [0.15, 0.2) is 11.5 Å². The number of carbonyl (C=O) groups is 2. The van der Waals surface area contributed by atoms with Gasteiger partial charge < -0.3 is 19.7 Å². The zero-order valence-corrected chi connectivity index (χ0v) is 13.1. The van der Waals surface area contributed by atoms with Crippen molar-refractivity contribution in [3.63, 3.8) is 0 Å². The molecule has 0 saturated heterocycles. The molecule has 0 bridgehead atoms. The summed E-state index contributed by atoms with van der Waals surface area (Å²) in [6, 6.07) is 5.56. The number of ether oxygens (including phenoxy) is 2. The summed E-state index contributed by atoms with van der Waals surface area (Å²) in [5, 5.41) is 2.82. The van der Waals surface area contributed by atoms with Gasteiger partial charge in [-0.2, -0.15) is 0 Å². The lowest BCUT2D eigenvalue weighted by Crippen LogP contribution is -2.40. The molecule has 0 aromatic heterocycles. The fourth-order valence-corrected chi connectivity index (χ4v) is 2.18. The molecule has 0 radical (unpaired) electrons. The number of unbranched alkanes of at least 4 members (excludes halogenated alkanes) is 1. The number of hydrogen-bond donors (Lipinski definition) is 1. The highest BCUT2D eigenvalue weighted by Crippen LogP contribution is 2.32. The van der Waals surface area contributed by atoms with Crippen molar-refractivity contribution in [3.8, 4) is 11.5 Å². The highest BCUT2D eigenvalue weighted by molar-refractivity contribution is 5.83. The van der Waals surface area contributed by atoms with Crippen LogP contribution in [-0.4, -0.2) is 36.6 Å². The lowest BCUT2D eigenvalue weighted by molar-refractivity contribution is -0.134. The number of rotatable bonds is 7. The van der Waals surface area contributed by atoms with Crippen LogP contribution in [0.4, 0.5) is 0 Å². The topological polar surface area (TPSA) is 67.9 Å². The molecule has 1 N–H and O–H groups in total. The monoisotopic (exact) mass is 306 g/mol. The summed E-state index contributed by atoms with van der Waals surface area (Å²) in [5.74, 6) is 1.17. The van der Waals surface area contributed by atoms with Crippen molar-refractivity contribution in [2.45, 2.75) is 33.2 Å². The first-order valence-electron chi connectivity index (χ1n) is 7.51. The van der Waals surface area contributed by atoms with Gasteiger partial charge in [-0.25, -0.2) is 0 Å². The summed E-state index contributed by atoms with van der Waals surface area (Å²) < 4.78 is 10.5. The number of nitrogens with one attached hydrogen (secondary N) is 1. The first kappa shape index (κ1) is 16.1. The van der Waals surface area contributed by atoms with Gasteiger partial charge in [0, 0.05) is 20.0 Å². The third kappa shape index (κ3) is 4.38. The summed E-state index contributed by atoms with van der Waals surface area (Å²) in [4.78, 5) is 25.0. The van der Waals surface area contributed by atoms with E-state index in [0.717, 1.165) is 24.2 Å². The van der Waals surface area contributed by atoms with Gasteiger partial charge in [-0.1, -0.05) is 19.4 Å². The molecule has 2 rings (SSSR count). The van der Waals surface area contributed by atoms with E-state index >= 15 is 0 Å². The maximum absolute atomic E-state index is 12.0. The van der Waals surface area contributed by atoms with Crippen molar-refractivity contribution in [3.05, 3.63) is 23.8 Å². The van der Waals surface area contributed by atoms with Gasteiger partial charge >= 0.3 is 0 Å². The van der Waals surface area contributed by atoms with E-state index in [-0.39, 0.29) is 25.2 Å². The van der Waals surface area contributed by atoms with Crippen LogP contribution in [-0.2, 0) is 16.1 Å². The summed E-state index contributed by atoms with van der Waals surface area (Å²) in [6.07, 6.45) is 1.89. The lowest BCUT2D eigenvalue weighted by atomic mass is 10.2. The van der Waals surface area contributed by atoms with E-state index in [0.29, 0.717) is 18.8 Å². The van der Waals surface area contributed by atoms with Crippen molar-refractivity contribution in [2.24, 2.45) is 0 Å². The van der Waals surface area contributed by atoms with Crippen LogP contribution in [0.2, 0.25) is 0 Å². The van der Waals surface area contributed by atoms with Crippen molar-refractivity contribution in [1.29, 1.82) is 0 Å². The lowest BCUT2D eigenvalue weighted by Gasteiger charge is -2.20. The molecule has 0 fully saturated rings. The molecule has 6 nitrogen and oxygen atoms in total. The molecule has 0 unspecified atom stereocenters. The Hall–Kier alpha value is -2.24. The summed E-state index contributed by atoms with van der Waals surface area (Å²) >= 11 is 0. The predicted octanol–water partition coefficient (Wildman–Crippen LogP) is 1.68. The zero-order chi connectivity index (χ0) is 15.9. The molecule has 6 heteroatoms. The molecule has 0 atom stereocenters. The number of nitrogens with zero attached hydrogens (tertiary/aromatic N) is 1. The Morgan fingerprint density at radius 1 is 1.27 bits per heavy atom. The highest BCUT2D eigenvalue weighted by Gasteiger charge is 2.15. The predicted molar refractivity (Wildman–Crippen MR) is 81.6 cm³/mol. The van der Waals surface area contributed by atoms with Gasteiger partial charge in [0.2, 0.25) is 18.6 Å². The van der Waals surface area contributed by atoms with Crippen molar-refractivity contribution in [1.82, 2.24) is 10.2 Å². The van der Waals surface area contributed by atoms with E-state index in [1.807, 2.05) is 18.2 Å². The van der Waals surface area contributed by atoms with Gasteiger partial charge in [-0.3, -0.25) is 9.59 Å². The zero-order valence-electron chi connectivity index (χ0n) is 13.1. The molecule has 1 heterocycles. The van der Waals surface area contributed by atoms with E-state index in [1.54, 1.807) is 4.90 Å². The molecule has 1 aromatic carbocycles. The SMILES string of the molecule is CCCCN(CC(=O)NCc1ccc2c(c1)OCO2)C(C)=O. The minimum atomic E-state index is -0.163. The smallest absolute Gasteiger partial charge is 0.239 e. The highest BCUT2D eigenvalue weighted by atomic mass is 16.7. The van der Waals surface area contributed by atoms with E-state index in [4.69, 9.17) is 9.47 Å². The Bertz CT molecular complexity index is 545. The molecular formula is C16H22N2O4. The Balaban J connectivity index is 1.82. The van der Waals surface area contributed by atoms with Gasteiger partial charge in [0.25, 0.3) is 0 Å². The quantitative estimate of drug-likeness (QED) is 0.832. The van der Waals surface area contributed by atoms with Gasteiger partial charge in [0.05, 0.1) is 6.54 Å². The minimum Gasteiger partial charge on any atom is -0.454 e. The van der Waals surface area contributed by atoms with Crippen molar-refractivity contribution >= 4 is 11.8 Å². The van der Waals surface area contributed by atoms with Crippen LogP contribution < -0.4 is 14.8 Å². The van der Waals surface area contributed by atoms with Gasteiger partial charge in [-0.15, -0.1) is 0 Å². The molecular weight excluding hydrogens is 284 g/mol. The van der Waals surface area contributed by atoms with Gasteiger partial charge in [0.1, 0.15) is 0 Å². The summed E-state index contributed by atoms with van der Waals surface area (Å²) in [6.45, 7) is 4.88. The Kier molecular flexibility index (Phi) is 5.63. The Morgan fingerprint density at radius 2 is 2.05 bits per heavy atom. The summed E-state index contributed by atoms with van der Waals surface area (Å²) in [7, 11) is 0. The Morgan fingerprint density at radius 3 is 2.77 bits per heavy atom. The first-order chi connectivity index (χ1) is 10.6.